The van der Waals surface area contributed by atoms with E-state index in [1.165, 1.54) is 6.33 Å². The molecule has 0 fully saturated rings. The lowest BCUT2D eigenvalue weighted by atomic mass is 10.1. The normalized spacial score (nSPS) is 11.1. The Balaban J connectivity index is 1.80. The largest absolute Gasteiger partial charge is 0.343 e. The molecule has 2 aromatic carbocycles. The third-order valence-electron chi connectivity index (χ3n) is 3.84. The van der Waals surface area contributed by atoms with Crippen LogP contribution in [-0.4, -0.2) is 26.0 Å². The van der Waals surface area contributed by atoms with E-state index in [2.05, 4.69) is 15.0 Å². The summed E-state index contributed by atoms with van der Waals surface area (Å²) in [6.07, 6.45) is 3.04. The van der Waals surface area contributed by atoms with Crippen LogP contribution < -0.4 is 5.06 Å². The van der Waals surface area contributed by atoms with Gasteiger partial charge in [-0.2, -0.15) is 0 Å². The first-order valence-corrected chi connectivity index (χ1v) is 7.57. The summed E-state index contributed by atoms with van der Waals surface area (Å²) in [5.74, 6) is -0.121. The summed E-state index contributed by atoms with van der Waals surface area (Å²) in [6, 6.07) is 12.8. The van der Waals surface area contributed by atoms with Crippen LogP contribution in [0.2, 0.25) is 5.02 Å². The van der Waals surface area contributed by atoms with Crippen LogP contribution in [0.15, 0.2) is 55.0 Å². The van der Waals surface area contributed by atoms with Crippen molar-refractivity contribution in [1.29, 1.82) is 5.41 Å². The molecule has 0 radical (unpaired) electrons. The van der Waals surface area contributed by atoms with Crippen molar-refractivity contribution in [2.45, 2.75) is 0 Å². The minimum Gasteiger partial charge on any atom is -0.343 e. The number of nitrogens with one attached hydrogen (secondary N) is 2. The van der Waals surface area contributed by atoms with E-state index in [0.717, 1.165) is 15.8 Å². The number of hydrogen-bond acceptors (Lipinski definition) is 4. The van der Waals surface area contributed by atoms with E-state index < -0.39 is 0 Å². The predicted octanol–water partition coefficient (Wildman–Crippen LogP) is 3.99. The van der Waals surface area contributed by atoms with E-state index in [-0.39, 0.29) is 5.84 Å². The van der Waals surface area contributed by atoms with Crippen LogP contribution in [0.4, 0.5) is 5.69 Å². The molecule has 0 saturated heterocycles. The number of pyridine rings is 1. The number of amidine groups is 1. The lowest BCUT2D eigenvalue weighted by Crippen LogP contribution is -2.27. The fourth-order valence-electron chi connectivity index (χ4n) is 2.64. The van der Waals surface area contributed by atoms with Crippen LogP contribution in [0.1, 0.15) is 5.56 Å². The lowest BCUT2D eigenvalue weighted by Gasteiger charge is -2.20. The zero-order chi connectivity index (χ0) is 16.7. The monoisotopic (exact) mass is 337 g/mol. The van der Waals surface area contributed by atoms with E-state index >= 15 is 0 Å². The van der Waals surface area contributed by atoms with Crippen LogP contribution in [0.25, 0.3) is 21.9 Å². The van der Waals surface area contributed by atoms with Gasteiger partial charge in [-0.3, -0.25) is 10.6 Å². The number of anilines is 1. The Hall–Kier alpha value is -2.96. The van der Waals surface area contributed by atoms with E-state index in [9.17, 15) is 5.21 Å². The molecular weight excluding hydrogens is 326 g/mol. The van der Waals surface area contributed by atoms with Gasteiger partial charge in [0.2, 0.25) is 0 Å². The van der Waals surface area contributed by atoms with Gasteiger partial charge in [0.15, 0.2) is 11.5 Å². The van der Waals surface area contributed by atoms with Crippen molar-refractivity contribution in [3.8, 4) is 0 Å². The molecule has 4 rings (SSSR count). The molecule has 0 spiro atoms. The van der Waals surface area contributed by atoms with Gasteiger partial charge in [-0.1, -0.05) is 35.9 Å². The fourth-order valence-corrected chi connectivity index (χ4v) is 2.90. The summed E-state index contributed by atoms with van der Waals surface area (Å²) < 4.78 is 0. The molecule has 0 aliphatic rings. The first-order valence-electron chi connectivity index (χ1n) is 7.19. The van der Waals surface area contributed by atoms with Crippen molar-refractivity contribution in [3.05, 3.63) is 65.6 Å². The van der Waals surface area contributed by atoms with Gasteiger partial charge in [-0.25, -0.2) is 15.0 Å². The number of nitrogens with zero attached hydrogens (tertiary/aromatic N) is 3. The Morgan fingerprint density at radius 1 is 1.12 bits per heavy atom. The maximum absolute atomic E-state index is 10.5. The average molecular weight is 338 g/mol. The van der Waals surface area contributed by atoms with Gasteiger partial charge in [-0.05, 0) is 29.0 Å². The predicted molar refractivity (Wildman–Crippen MR) is 93.9 cm³/mol. The molecular formula is C17H12ClN5O. The van der Waals surface area contributed by atoms with Crippen molar-refractivity contribution in [2.24, 2.45) is 0 Å². The first-order chi connectivity index (χ1) is 11.6. The molecule has 0 aliphatic carbocycles. The number of benzene rings is 2. The van der Waals surface area contributed by atoms with E-state index in [1.54, 1.807) is 24.4 Å². The Morgan fingerprint density at radius 2 is 1.88 bits per heavy atom. The number of fused-ring (bicyclic) bond motifs is 2. The van der Waals surface area contributed by atoms with Gasteiger partial charge in [0, 0.05) is 11.8 Å². The molecule has 7 heteroatoms. The number of rotatable bonds is 2. The molecule has 0 atom stereocenters. The Morgan fingerprint density at radius 3 is 2.67 bits per heavy atom. The summed E-state index contributed by atoms with van der Waals surface area (Å²) >= 11 is 6.30. The molecule has 0 unspecified atom stereocenters. The highest BCUT2D eigenvalue weighted by molar-refractivity contribution is 6.35. The average Bonchev–Trinajstić information content (AvgIpc) is 3.08. The molecule has 0 bridgehead atoms. The van der Waals surface area contributed by atoms with Crippen LogP contribution in [0.5, 0.6) is 0 Å². The Bertz CT molecular complexity index is 1070. The van der Waals surface area contributed by atoms with Gasteiger partial charge < -0.3 is 4.98 Å². The first kappa shape index (κ1) is 14.6. The van der Waals surface area contributed by atoms with Gasteiger partial charge in [0.25, 0.3) is 0 Å². The Kier molecular flexibility index (Phi) is 3.41. The standard InChI is InChI=1S/C17H12ClN5O/c18-13-7-10-3-1-2-4-11(10)8-14(13)23(24)16(19)12-5-6-20-17-15(12)21-9-22-17/h1-9,19,24H,(H,20,21,22). The number of aromatic amines is 1. The number of hydrogen-bond donors (Lipinski definition) is 3. The zero-order valence-corrected chi connectivity index (χ0v) is 13.1. The molecule has 0 aliphatic heterocycles. The SMILES string of the molecule is N=C(c1ccnc2nc[nH]c12)N(O)c1cc2ccccc2cc1Cl. The molecule has 2 aromatic heterocycles. The molecule has 118 valence electrons. The van der Waals surface area contributed by atoms with Crippen molar-refractivity contribution >= 4 is 45.1 Å². The summed E-state index contributed by atoms with van der Waals surface area (Å²) in [4.78, 5) is 11.1. The summed E-state index contributed by atoms with van der Waals surface area (Å²) in [5, 5.41) is 21.9. The van der Waals surface area contributed by atoms with Crippen LogP contribution in [0.3, 0.4) is 0 Å². The molecule has 2 heterocycles. The molecule has 6 nitrogen and oxygen atoms in total. The van der Waals surface area contributed by atoms with Crippen molar-refractivity contribution in [1.82, 2.24) is 15.0 Å². The fraction of sp³-hybridized carbons (Fsp3) is 0. The summed E-state index contributed by atoms with van der Waals surface area (Å²) in [5.41, 5.74) is 1.88. The lowest BCUT2D eigenvalue weighted by molar-refractivity contribution is 0.312. The van der Waals surface area contributed by atoms with E-state index in [1.807, 2.05) is 24.3 Å². The number of halogens is 1. The molecule has 24 heavy (non-hydrogen) atoms. The summed E-state index contributed by atoms with van der Waals surface area (Å²) in [6.45, 7) is 0. The highest BCUT2D eigenvalue weighted by atomic mass is 35.5. The minimum absolute atomic E-state index is 0.121. The van der Waals surface area contributed by atoms with Gasteiger partial charge in [-0.15, -0.1) is 0 Å². The number of aromatic nitrogens is 3. The maximum atomic E-state index is 10.5. The number of imidazole rings is 1. The molecule has 3 N–H and O–H groups in total. The zero-order valence-electron chi connectivity index (χ0n) is 12.4. The third kappa shape index (κ3) is 2.29. The topological polar surface area (TPSA) is 88.9 Å². The number of hydroxylamine groups is 1. The number of H-pyrrole nitrogens is 1. The van der Waals surface area contributed by atoms with Crippen molar-refractivity contribution in [2.75, 3.05) is 5.06 Å². The van der Waals surface area contributed by atoms with Crippen molar-refractivity contribution < 1.29 is 5.21 Å². The third-order valence-corrected chi connectivity index (χ3v) is 4.14. The second-order valence-electron chi connectivity index (χ2n) is 5.27. The van der Waals surface area contributed by atoms with E-state index in [4.69, 9.17) is 17.0 Å². The van der Waals surface area contributed by atoms with Crippen LogP contribution in [0, 0.1) is 5.41 Å². The maximum Gasteiger partial charge on any atom is 0.178 e. The van der Waals surface area contributed by atoms with Gasteiger partial charge >= 0.3 is 0 Å². The highest BCUT2D eigenvalue weighted by Crippen LogP contribution is 2.31. The van der Waals surface area contributed by atoms with Crippen molar-refractivity contribution in [3.63, 3.8) is 0 Å². The van der Waals surface area contributed by atoms with Crippen LogP contribution in [-0.2, 0) is 0 Å². The van der Waals surface area contributed by atoms with E-state index in [0.29, 0.717) is 27.4 Å². The second kappa shape index (κ2) is 5.59. The van der Waals surface area contributed by atoms with Crippen LogP contribution >= 0.6 is 11.6 Å². The molecule has 0 amide bonds. The second-order valence-corrected chi connectivity index (χ2v) is 5.68. The highest BCUT2D eigenvalue weighted by Gasteiger charge is 2.18. The quantitative estimate of drug-likeness (QED) is 0.293. The molecule has 4 aromatic rings. The Labute approximate surface area is 141 Å². The van der Waals surface area contributed by atoms with Gasteiger partial charge in [0.1, 0.15) is 0 Å². The van der Waals surface area contributed by atoms with Gasteiger partial charge in [0.05, 0.1) is 22.6 Å². The minimum atomic E-state index is -0.121. The smallest absolute Gasteiger partial charge is 0.178 e. The summed E-state index contributed by atoms with van der Waals surface area (Å²) in [7, 11) is 0. The molecule has 0 saturated carbocycles.